The average Bonchev–Trinajstić information content (AvgIpc) is 2.71. The van der Waals surface area contributed by atoms with E-state index in [1.807, 2.05) is 17.9 Å². The van der Waals surface area contributed by atoms with Gasteiger partial charge in [0.2, 0.25) is 0 Å². The summed E-state index contributed by atoms with van der Waals surface area (Å²) in [5, 5.41) is 17.1. The first kappa shape index (κ1) is 13.6. The lowest BCUT2D eigenvalue weighted by molar-refractivity contribution is 0.172. The molecule has 1 fully saturated rings. The molecule has 102 valence electrons. The van der Waals surface area contributed by atoms with Crippen LogP contribution in [0.3, 0.4) is 0 Å². The van der Waals surface area contributed by atoms with Crippen molar-refractivity contribution < 1.29 is 5.11 Å². The molecular formula is C14H25N3O. The normalized spacial score (nSPS) is 26.2. The van der Waals surface area contributed by atoms with Gasteiger partial charge >= 0.3 is 0 Å². The van der Waals surface area contributed by atoms with E-state index in [0.717, 1.165) is 12.8 Å². The number of nitrogens with zero attached hydrogens (tertiary/aromatic N) is 2. The first-order chi connectivity index (χ1) is 8.61. The molecule has 1 aromatic heterocycles. The molecule has 1 aliphatic rings. The maximum Gasteiger partial charge on any atom is 0.0540 e. The molecule has 4 heteroatoms. The van der Waals surface area contributed by atoms with Crippen LogP contribution < -0.4 is 5.32 Å². The Kier molecular flexibility index (Phi) is 4.40. The Balaban J connectivity index is 1.88. The average molecular weight is 251 g/mol. The number of nitrogens with one attached hydrogen (secondary N) is 1. The summed E-state index contributed by atoms with van der Waals surface area (Å²) in [5.41, 5.74) is 2.53. The molecule has 1 aliphatic carbocycles. The molecule has 0 amide bonds. The molecule has 1 saturated carbocycles. The summed E-state index contributed by atoms with van der Waals surface area (Å²) < 4.78 is 1.93. The van der Waals surface area contributed by atoms with Gasteiger partial charge in [-0.05, 0) is 45.4 Å². The number of aliphatic hydroxyl groups is 1. The number of hydrogen-bond acceptors (Lipinski definition) is 3. The molecule has 2 rings (SSSR count). The molecule has 4 nitrogen and oxygen atoms in total. The Hall–Kier alpha value is -0.870. The number of rotatable bonds is 4. The largest absolute Gasteiger partial charge is 0.396 e. The van der Waals surface area contributed by atoms with Crippen LogP contribution in [0.4, 0.5) is 0 Å². The molecule has 18 heavy (non-hydrogen) atoms. The van der Waals surface area contributed by atoms with Gasteiger partial charge in [-0.3, -0.25) is 4.68 Å². The van der Waals surface area contributed by atoms with Crippen LogP contribution in [0.1, 0.15) is 49.9 Å². The van der Waals surface area contributed by atoms with Gasteiger partial charge < -0.3 is 10.4 Å². The smallest absolute Gasteiger partial charge is 0.0540 e. The van der Waals surface area contributed by atoms with Crippen LogP contribution in [0.25, 0.3) is 0 Å². The van der Waals surface area contributed by atoms with E-state index >= 15 is 0 Å². The van der Waals surface area contributed by atoms with E-state index in [2.05, 4.69) is 24.3 Å². The van der Waals surface area contributed by atoms with Gasteiger partial charge in [0, 0.05) is 37.0 Å². The quantitative estimate of drug-likeness (QED) is 0.859. The third-order valence-corrected chi connectivity index (χ3v) is 4.33. The molecular weight excluding hydrogens is 226 g/mol. The van der Waals surface area contributed by atoms with Gasteiger partial charge in [-0.15, -0.1) is 0 Å². The first-order valence-corrected chi connectivity index (χ1v) is 6.97. The van der Waals surface area contributed by atoms with Crippen molar-refractivity contribution in [2.45, 2.75) is 51.6 Å². The summed E-state index contributed by atoms with van der Waals surface area (Å²) in [7, 11) is 1.98. The van der Waals surface area contributed by atoms with E-state index in [-0.39, 0.29) is 0 Å². The van der Waals surface area contributed by atoms with Crippen molar-refractivity contribution in [1.82, 2.24) is 15.1 Å². The van der Waals surface area contributed by atoms with E-state index in [1.165, 1.54) is 24.1 Å². The summed E-state index contributed by atoms with van der Waals surface area (Å²) in [5.74, 6) is 0.526. The Morgan fingerprint density at radius 2 is 2.11 bits per heavy atom. The van der Waals surface area contributed by atoms with Crippen molar-refractivity contribution in [2.75, 3.05) is 6.61 Å². The summed E-state index contributed by atoms with van der Waals surface area (Å²) >= 11 is 0. The molecule has 0 saturated heterocycles. The fourth-order valence-electron chi connectivity index (χ4n) is 2.90. The van der Waals surface area contributed by atoms with Crippen LogP contribution in [0.5, 0.6) is 0 Å². The van der Waals surface area contributed by atoms with E-state index in [9.17, 15) is 0 Å². The van der Waals surface area contributed by atoms with Crippen LogP contribution in [-0.4, -0.2) is 27.5 Å². The zero-order chi connectivity index (χ0) is 13.1. The highest BCUT2D eigenvalue weighted by atomic mass is 16.3. The predicted octanol–water partition coefficient (Wildman–Crippen LogP) is 1.93. The predicted molar refractivity (Wildman–Crippen MR) is 72.3 cm³/mol. The van der Waals surface area contributed by atoms with E-state index in [0.29, 0.717) is 24.6 Å². The highest BCUT2D eigenvalue weighted by molar-refractivity contribution is 5.19. The second-order valence-electron chi connectivity index (χ2n) is 5.60. The van der Waals surface area contributed by atoms with Gasteiger partial charge in [0.15, 0.2) is 0 Å². The van der Waals surface area contributed by atoms with Gasteiger partial charge in [0.1, 0.15) is 0 Å². The molecule has 0 aromatic carbocycles. The van der Waals surface area contributed by atoms with Crippen molar-refractivity contribution >= 4 is 0 Å². The molecule has 1 heterocycles. The second-order valence-corrected chi connectivity index (χ2v) is 5.60. The molecule has 1 aromatic rings. The van der Waals surface area contributed by atoms with Crippen molar-refractivity contribution in [3.63, 3.8) is 0 Å². The van der Waals surface area contributed by atoms with Gasteiger partial charge in [-0.2, -0.15) is 5.10 Å². The van der Waals surface area contributed by atoms with Crippen molar-refractivity contribution in [3.05, 3.63) is 17.5 Å². The summed E-state index contributed by atoms with van der Waals surface area (Å²) in [6.45, 7) is 4.68. The lowest BCUT2D eigenvalue weighted by atomic mass is 9.86. The summed E-state index contributed by atoms with van der Waals surface area (Å²) in [4.78, 5) is 0. The van der Waals surface area contributed by atoms with Crippen LogP contribution in [0.15, 0.2) is 6.20 Å². The topological polar surface area (TPSA) is 50.1 Å². The minimum absolute atomic E-state index is 0.351. The maximum atomic E-state index is 9.14. The molecule has 2 N–H and O–H groups in total. The van der Waals surface area contributed by atoms with Crippen LogP contribution >= 0.6 is 0 Å². The zero-order valence-electron chi connectivity index (χ0n) is 11.7. The molecule has 0 bridgehead atoms. The third-order valence-electron chi connectivity index (χ3n) is 4.33. The highest BCUT2D eigenvalue weighted by Gasteiger charge is 2.22. The number of aliphatic hydroxyl groups excluding tert-OH is 1. The minimum atomic E-state index is 0.351. The SMILES string of the molecule is Cc1c(C(C)NC2CCC(CO)CC2)cnn1C. The molecule has 0 aliphatic heterocycles. The van der Waals surface area contributed by atoms with Crippen LogP contribution in [-0.2, 0) is 7.05 Å². The van der Waals surface area contributed by atoms with Gasteiger partial charge in [0.25, 0.3) is 0 Å². The number of aromatic nitrogens is 2. The Labute approximate surface area is 109 Å². The van der Waals surface area contributed by atoms with Crippen LogP contribution in [0.2, 0.25) is 0 Å². The highest BCUT2D eigenvalue weighted by Crippen LogP contribution is 2.26. The maximum absolute atomic E-state index is 9.14. The fourth-order valence-corrected chi connectivity index (χ4v) is 2.90. The van der Waals surface area contributed by atoms with E-state index < -0.39 is 0 Å². The van der Waals surface area contributed by atoms with Gasteiger partial charge in [0.05, 0.1) is 6.20 Å². The van der Waals surface area contributed by atoms with Crippen molar-refractivity contribution in [2.24, 2.45) is 13.0 Å². The third kappa shape index (κ3) is 2.93. The number of aryl methyl sites for hydroxylation is 1. The zero-order valence-corrected chi connectivity index (χ0v) is 11.7. The molecule has 0 spiro atoms. The van der Waals surface area contributed by atoms with E-state index in [1.54, 1.807) is 0 Å². The first-order valence-electron chi connectivity index (χ1n) is 6.97. The molecule has 0 radical (unpaired) electrons. The second kappa shape index (κ2) is 5.85. The Bertz CT molecular complexity index is 380. The van der Waals surface area contributed by atoms with Crippen molar-refractivity contribution in [3.8, 4) is 0 Å². The lowest BCUT2D eigenvalue weighted by Gasteiger charge is -2.30. The summed E-state index contributed by atoms with van der Waals surface area (Å²) in [6.07, 6.45) is 6.61. The minimum Gasteiger partial charge on any atom is -0.396 e. The van der Waals surface area contributed by atoms with Gasteiger partial charge in [-0.25, -0.2) is 0 Å². The Morgan fingerprint density at radius 3 is 2.61 bits per heavy atom. The van der Waals surface area contributed by atoms with Crippen molar-refractivity contribution in [1.29, 1.82) is 0 Å². The van der Waals surface area contributed by atoms with Crippen LogP contribution in [0, 0.1) is 12.8 Å². The number of hydrogen-bond donors (Lipinski definition) is 2. The monoisotopic (exact) mass is 251 g/mol. The fraction of sp³-hybridized carbons (Fsp3) is 0.786. The molecule has 1 atom stereocenters. The Morgan fingerprint density at radius 1 is 1.44 bits per heavy atom. The standard InChI is InChI=1S/C14H25N3O/c1-10(14-8-15-17(3)11(14)2)16-13-6-4-12(9-18)5-7-13/h8,10,12-13,16,18H,4-7,9H2,1-3H3. The van der Waals surface area contributed by atoms with E-state index in [4.69, 9.17) is 5.11 Å². The summed E-state index contributed by atoms with van der Waals surface area (Å²) in [6, 6.07) is 0.941. The molecule has 1 unspecified atom stereocenters. The van der Waals surface area contributed by atoms with Gasteiger partial charge in [-0.1, -0.05) is 0 Å². The lowest BCUT2D eigenvalue weighted by Crippen LogP contribution is -2.35.